The molecule has 0 radical (unpaired) electrons. The van der Waals surface area contributed by atoms with E-state index in [4.69, 9.17) is 5.73 Å². The van der Waals surface area contributed by atoms with Crippen LogP contribution in [0.5, 0.6) is 0 Å². The zero-order valence-corrected chi connectivity index (χ0v) is 9.70. The van der Waals surface area contributed by atoms with E-state index < -0.39 is 0 Å². The predicted octanol–water partition coefficient (Wildman–Crippen LogP) is 1.47. The molecule has 1 aliphatic rings. The summed E-state index contributed by atoms with van der Waals surface area (Å²) in [5.74, 6) is 0.303. The van der Waals surface area contributed by atoms with Crippen LogP contribution >= 0.6 is 11.3 Å². The van der Waals surface area contributed by atoms with E-state index in [1.54, 1.807) is 11.0 Å². The van der Waals surface area contributed by atoms with Crippen molar-refractivity contribution < 1.29 is 4.79 Å². The van der Waals surface area contributed by atoms with Gasteiger partial charge in [-0.05, 0) is 6.92 Å². The van der Waals surface area contributed by atoms with Crippen LogP contribution in [0.25, 0.3) is 0 Å². The van der Waals surface area contributed by atoms with Crippen LogP contribution in [-0.2, 0) is 0 Å². The summed E-state index contributed by atoms with van der Waals surface area (Å²) < 4.78 is 0. The molecule has 0 bridgehead atoms. The van der Waals surface area contributed by atoms with Crippen LogP contribution in [0.3, 0.4) is 0 Å². The fourth-order valence-corrected chi connectivity index (χ4v) is 2.28. The fraction of sp³-hybridized carbons (Fsp3) is 0.300. The summed E-state index contributed by atoms with van der Waals surface area (Å²) in [6.45, 7) is 5.95. The van der Waals surface area contributed by atoms with Crippen molar-refractivity contribution in [3.05, 3.63) is 28.7 Å². The zero-order chi connectivity index (χ0) is 11.7. The summed E-state index contributed by atoms with van der Waals surface area (Å²) in [4.78, 5) is 21.2. The minimum atomic E-state index is -0.338. The Kier molecular flexibility index (Phi) is 2.74. The van der Waals surface area contributed by atoms with Crippen molar-refractivity contribution in [1.82, 2.24) is 9.88 Å². The van der Waals surface area contributed by atoms with Crippen molar-refractivity contribution in [1.29, 1.82) is 0 Å². The first kappa shape index (κ1) is 10.8. The topological polar surface area (TPSA) is 71.6 Å². The van der Waals surface area contributed by atoms with Gasteiger partial charge in [-0.25, -0.2) is 9.78 Å². The Morgan fingerprint density at radius 3 is 3.06 bits per heavy atom. The number of aliphatic imine (C=N–C) groups is 1. The van der Waals surface area contributed by atoms with Crippen LogP contribution in [0.4, 0.5) is 4.79 Å². The average molecular weight is 236 g/mol. The molecule has 2 rings (SSSR count). The molecule has 1 aliphatic heterocycles. The lowest BCUT2D eigenvalue weighted by Gasteiger charge is -2.20. The highest BCUT2D eigenvalue weighted by atomic mass is 32.1. The Balaban J connectivity index is 2.34. The number of nitrogens with zero attached hydrogens (tertiary/aromatic N) is 3. The molecule has 16 heavy (non-hydrogen) atoms. The monoisotopic (exact) mass is 236 g/mol. The molecule has 5 nitrogen and oxygen atoms in total. The van der Waals surface area contributed by atoms with E-state index >= 15 is 0 Å². The number of carbonyl (C=O) groups excluding carboxylic acids is 1. The summed E-state index contributed by atoms with van der Waals surface area (Å²) in [6, 6.07) is -0.663. The third kappa shape index (κ3) is 1.71. The lowest BCUT2D eigenvalue weighted by atomic mass is 10.2. The van der Waals surface area contributed by atoms with E-state index in [2.05, 4.69) is 16.6 Å². The largest absolute Gasteiger partial charge is 0.385 e. The van der Waals surface area contributed by atoms with Gasteiger partial charge >= 0.3 is 6.03 Å². The molecule has 0 fully saturated rings. The number of amides is 2. The standard InChI is InChI=1S/C10H12N4OS/c1-3-4-14-8(9(11)13-10(14)15)7-5-16-6(2)12-7/h3,5,8H,1,4H2,2H3,(H2,11,13,15). The van der Waals surface area contributed by atoms with Crippen LogP contribution in [0.15, 0.2) is 23.0 Å². The SMILES string of the molecule is C=CCN1C(=O)N=C(N)C1c1csc(C)n1. The number of thiazole rings is 1. The van der Waals surface area contributed by atoms with Crippen molar-refractivity contribution >= 4 is 23.2 Å². The van der Waals surface area contributed by atoms with E-state index in [-0.39, 0.29) is 12.1 Å². The van der Waals surface area contributed by atoms with E-state index in [9.17, 15) is 4.79 Å². The number of amidine groups is 1. The smallest absolute Gasteiger partial charge is 0.346 e. The van der Waals surface area contributed by atoms with Gasteiger partial charge in [0.1, 0.15) is 11.9 Å². The summed E-state index contributed by atoms with van der Waals surface area (Å²) in [6.07, 6.45) is 1.65. The van der Waals surface area contributed by atoms with Crippen molar-refractivity contribution in [2.45, 2.75) is 13.0 Å². The molecule has 0 saturated carbocycles. The molecule has 1 unspecified atom stereocenters. The molecule has 0 spiro atoms. The number of aryl methyl sites for hydroxylation is 1. The molecular weight excluding hydrogens is 224 g/mol. The van der Waals surface area contributed by atoms with Crippen molar-refractivity contribution in [2.24, 2.45) is 10.7 Å². The second-order valence-electron chi connectivity index (χ2n) is 3.45. The van der Waals surface area contributed by atoms with Crippen molar-refractivity contribution in [3.63, 3.8) is 0 Å². The number of carbonyl (C=O) groups is 1. The van der Waals surface area contributed by atoms with Crippen LogP contribution in [0.1, 0.15) is 16.7 Å². The molecule has 1 aromatic heterocycles. The number of aromatic nitrogens is 1. The summed E-state index contributed by atoms with van der Waals surface area (Å²) >= 11 is 1.53. The van der Waals surface area contributed by atoms with Crippen LogP contribution in [0, 0.1) is 6.92 Å². The van der Waals surface area contributed by atoms with Gasteiger partial charge in [0.05, 0.1) is 10.7 Å². The van der Waals surface area contributed by atoms with Gasteiger partial charge in [0.2, 0.25) is 0 Å². The molecule has 6 heteroatoms. The maximum absolute atomic E-state index is 11.6. The zero-order valence-electron chi connectivity index (χ0n) is 8.88. The van der Waals surface area contributed by atoms with Crippen molar-refractivity contribution in [2.75, 3.05) is 6.54 Å². The fourth-order valence-electron chi connectivity index (χ4n) is 1.65. The second kappa shape index (κ2) is 4.05. The molecule has 2 heterocycles. The normalized spacial score (nSPS) is 20.1. The molecular formula is C10H12N4OS. The maximum atomic E-state index is 11.6. The third-order valence-electron chi connectivity index (χ3n) is 2.30. The first-order valence-electron chi connectivity index (χ1n) is 4.81. The number of rotatable bonds is 3. The van der Waals surface area contributed by atoms with Crippen LogP contribution in [0.2, 0.25) is 0 Å². The predicted molar refractivity (Wildman–Crippen MR) is 63.5 cm³/mol. The van der Waals surface area contributed by atoms with Gasteiger partial charge in [0, 0.05) is 11.9 Å². The van der Waals surface area contributed by atoms with E-state index in [0.717, 1.165) is 10.7 Å². The van der Waals surface area contributed by atoms with Crippen LogP contribution in [-0.4, -0.2) is 28.3 Å². The molecule has 84 valence electrons. The first-order valence-corrected chi connectivity index (χ1v) is 5.69. The molecule has 2 N–H and O–H groups in total. The number of hydrogen-bond acceptors (Lipinski definition) is 4. The van der Waals surface area contributed by atoms with Gasteiger partial charge in [0.25, 0.3) is 0 Å². The highest BCUT2D eigenvalue weighted by molar-refractivity contribution is 7.09. The second-order valence-corrected chi connectivity index (χ2v) is 4.52. The number of urea groups is 1. The minimum absolute atomic E-state index is 0.303. The summed E-state index contributed by atoms with van der Waals surface area (Å²) in [5, 5.41) is 2.84. The Bertz CT molecular complexity index is 465. The highest BCUT2D eigenvalue weighted by Crippen LogP contribution is 2.27. The quantitative estimate of drug-likeness (QED) is 0.808. The van der Waals surface area contributed by atoms with Gasteiger partial charge in [-0.3, -0.25) is 0 Å². The Morgan fingerprint density at radius 1 is 1.75 bits per heavy atom. The lowest BCUT2D eigenvalue weighted by Crippen LogP contribution is -2.33. The van der Waals surface area contributed by atoms with Gasteiger partial charge < -0.3 is 10.6 Å². The maximum Gasteiger partial charge on any atom is 0.346 e. The van der Waals surface area contributed by atoms with E-state index in [1.165, 1.54) is 11.3 Å². The molecule has 1 aromatic rings. The van der Waals surface area contributed by atoms with Gasteiger partial charge in [-0.1, -0.05) is 6.08 Å². The molecule has 0 aliphatic carbocycles. The highest BCUT2D eigenvalue weighted by Gasteiger charge is 2.35. The van der Waals surface area contributed by atoms with Crippen LogP contribution < -0.4 is 5.73 Å². The summed E-state index contributed by atoms with van der Waals surface area (Å²) in [5.41, 5.74) is 6.52. The molecule has 0 saturated heterocycles. The van der Waals surface area contributed by atoms with Gasteiger partial charge in [0.15, 0.2) is 0 Å². The minimum Gasteiger partial charge on any atom is -0.385 e. The molecule has 1 atom stereocenters. The van der Waals surface area contributed by atoms with Crippen molar-refractivity contribution in [3.8, 4) is 0 Å². The third-order valence-corrected chi connectivity index (χ3v) is 3.10. The molecule has 2 amide bonds. The Hall–Kier alpha value is -1.69. The number of nitrogens with two attached hydrogens (primary N) is 1. The molecule has 0 aromatic carbocycles. The average Bonchev–Trinajstić information content (AvgIpc) is 2.73. The lowest BCUT2D eigenvalue weighted by molar-refractivity contribution is 0.212. The van der Waals surface area contributed by atoms with Gasteiger partial charge in [-0.15, -0.1) is 17.9 Å². The first-order chi connectivity index (χ1) is 7.63. The Morgan fingerprint density at radius 2 is 2.50 bits per heavy atom. The Labute approximate surface area is 97.3 Å². The van der Waals surface area contributed by atoms with Gasteiger partial charge in [-0.2, -0.15) is 4.99 Å². The van der Waals surface area contributed by atoms with E-state index in [1.807, 2.05) is 12.3 Å². The summed E-state index contributed by atoms with van der Waals surface area (Å²) in [7, 11) is 0. The number of hydrogen-bond donors (Lipinski definition) is 1. The van der Waals surface area contributed by atoms with E-state index in [0.29, 0.717) is 12.4 Å².